The third-order valence-electron chi connectivity index (χ3n) is 2.98. The Morgan fingerprint density at radius 2 is 1.75 bits per heavy atom. The van der Waals surface area contributed by atoms with Gasteiger partial charge in [0.15, 0.2) is 0 Å². The van der Waals surface area contributed by atoms with Gasteiger partial charge in [-0.1, -0.05) is 41.9 Å². The molecule has 2 N–H and O–H groups in total. The molecular weight excluding hydrogens is 275 g/mol. The second-order valence-electron chi connectivity index (χ2n) is 4.54. The lowest BCUT2D eigenvalue weighted by Crippen LogP contribution is -2.24. The molecule has 2 nitrogen and oxygen atoms in total. The Morgan fingerprint density at radius 1 is 0.950 bits per heavy atom. The molecule has 0 aliphatic carbocycles. The molecule has 0 unspecified atom stereocenters. The van der Waals surface area contributed by atoms with E-state index in [1.165, 1.54) is 11.6 Å². The van der Waals surface area contributed by atoms with E-state index in [0.717, 1.165) is 31.7 Å². The molecule has 0 saturated heterocycles. The van der Waals surface area contributed by atoms with Gasteiger partial charge in [-0.25, -0.2) is 4.39 Å². The first-order valence-corrected chi connectivity index (χ1v) is 7.07. The van der Waals surface area contributed by atoms with E-state index in [2.05, 4.69) is 34.9 Å². The zero-order valence-corrected chi connectivity index (χ0v) is 12.0. The fraction of sp³-hybridized carbons (Fsp3) is 0.250. The van der Waals surface area contributed by atoms with Crippen LogP contribution in [0.2, 0.25) is 5.02 Å². The molecule has 0 fully saturated rings. The zero-order valence-electron chi connectivity index (χ0n) is 11.2. The maximum absolute atomic E-state index is 13.0. The van der Waals surface area contributed by atoms with Crippen molar-refractivity contribution in [2.45, 2.75) is 6.42 Å². The van der Waals surface area contributed by atoms with Crippen LogP contribution in [0.3, 0.4) is 0 Å². The summed E-state index contributed by atoms with van der Waals surface area (Å²) in [7, 11) is 0. The molecule has 0 atom stereocenters. The molecule has 0 aliphatic heterocycles. The molecule has 0 spiro atoms. The smallest absolute Gasteiger partial charge is 0.141 e. The van der Waals surface area contributed by atoms with Gasteiger partial charge in [-0.05, 0) is 36.7 Å². The fourth-order valence-electron chi connectivity index (χ4n) is 1.90. The van der Waals surface area contributed by atoms with Crippen molar-refractivity contribution in [1.29, 1.82) is 0 Å². The van der Waals surface area contributed by atoms with Crippen molar-refractivity contribution in [2.24, 2.45) is 0 Å². The van der Waals surface area contributed by atoms with Crippen molar-refractivity contribution in [3.63, 3.8) is 0 Å². The summed E-state index contributed by atoms with van der Waals surface area (Å²) < 4.78 is 13.0. The van der Waals surface area contributed by atoms with Crippen molar-refractivity contribution >= 4 is 17.3 Å². The highest BCUT2D eigenvalue weighted by molar-refractivity contribution is 6.31. The Balaban J connectivity index is 1.61. The van der Waals surface area contributed by atoms with Crippen molar-refractivity contribution < 1.29 is 4.39 Å². The first kappa shape index (κ1) is 14.8. The quantitative estimate of drug-likeness (QED) is 0.760. The molecule has 4 heteroatoms. The van der Waals surface area contributed by atoms with Crippen molar-refractivity contribution in [3.8, 4) is 0 Å². The number of hydrogen-bond donors (Lipinski definition) is 2. The standard InChI is InChI=1S/C16H18ClFN2/c17-15-12-14(6-7-16(15)18)20-11-10-19-9-8-13-4-2-1-3-5-13/h1-7,12,19-20H,8-11H2. The van der Waals surface area contributed by atoms with Crippen LogP contribution in [0.15, 0.2) is 48.5 Å². The topological polar surface area (TPSA) is 24.1 Å². The summed E-state index contributed by atoms with van der Waals surface area (Å²) in [6.07, 6.45) is 1.02. The lowest BCUT2D eigenvalue weighted by Gasteiger charge is -2.08. The van der Waals surface area contributed by atoms with Gasteiger partial charge in [0.25, 0.3) is 0 Å². The maximum atomic E-state index is 13.0. The van der Waals surface area contributed by atoms with E-state index in [1.54, 1.807) is 12.1 Å². The van der Waals surface area contributed by atoms with Crippen molar-refractivity contribution in [1.82, 2.24) is 5.32 Å². The minimum absolute atomic E-state index is 0.145. The van der Waals surface area contributed by atoms with Gasteiger partial charge >= 0.3 is 0 Å². The molecule has 0 bridgehead atoms. The summed E-state index contributed by atoms with van der Waals surface area (Å²) >= 11 is 5.71. The highest BCUT2D eigenvalue weighted by atomic mass is 35.5. The number of nitrogens with one attached hydrogen (secondary N) is 2. The molecule has 0 saturated carbocycles. The Kier molecular flexibility index (Phi) is 5.84. The van der Waals surface area contributed by atoms with Crippen LogP contribution in [-0.4, -0.2) is 19.6 Å². The summed E-state index contributed by atoms with van der Waals surface area (Å²) in [6, 6.07) is 15.0. The Labute approximate surface area is 124 Å². The molecule has 20 heavy (non-hydrogen) atoms. The van der Waals surface area contributed by atoms with Gasteiger partial charge < -0.3 is 10.6 Å². The van der Waals surface area contributed by atoms with E-state index >= 15 is 0 Å². The van der Waals surface area contributed by atoms with E-state index in [-0.39, 0.29) is 5.02 Å². The van der Waals surface area contributed by atoms with Gasteiger partial charge in [-0.3, -0.25) is 0 Å². The highest BCUT2D eigenvalue weighted by Gasteiger charge is 1.99. The molecule has 2 aromatic rings. The van der Waals surface area contributed by atoms with Gasteiger partial charge in [0, 0.05) is 18.8 Å². The van der Waals surface area contributed by atoms with Gasteiger partial charge in [-0.15, -0.1) is 0 Å². The minimum atomic E-state index is -0.391. The Hall–Kier alpha value is -1.58. The largest absolute Gasteiger partial charge is 0.384 e. The van der Waals surface area contributed by atoms with Crippen LogP contribution in [0.25, 0.3) is 0 Å². The second kappa shape index (κ2) is 7.88. The van der Waals surface area contributed by atoms with E-state index in [9.17, 15) is 4.39 Å². The lowest BCUT2D eigenvalue weighted by atomic mass is 10.1. The van der Waals surface area contributed by atoms with E-state index < -0.39 is 5.82 Å². The average Bonchev–Trinajstić information content (AvgIpc) is 2.47. The first-order valence-electron chi connectivity index (χ1n) is 6.69. The lowest BCUT2D eigenvalue weighted by molar-refractivity contribution is 0.628. The predicted octanol–water partition coefficient (Wildman–Crippen LogP) is 3.72. The molecule has 0 aromatic heterocycles. The zero-order chi connectivity index (χ0) is 14.2. The molecule has 2 aromatic carbocycles. The maximum Gasteiger partial charge on any atom is 0.141 e. The highest BCUT2D eigenvalue weighted by Crippen LogP contribution is 2.18. The van der Waals surface area contributed by atoms with Gasteiger partial charge in [-0.2, -0.15) is 0 Å². The van der Waals surface area contributed by atoms with Crippen LogP contribution in [-0.2, 0) is 6.42 Å². The molecule has 0 amide bonds. The fourth-order valence-corrected chi connectivity index (χ4v) is 2.08. The average molecular weight is 293 g/mol. The number of anilines is 1. The van der Waals surface area contributed by atoms with Crippen LogP contribution in [0.4, 0.5) is 10.1 Å². The first-order chi connectivity index (χ1) is 9.75. The Morgan fingerprint density at radius 3 is 2.50 bits per heavy atom. The third kappa shape index (κ3) is 4.83. The second-order valence-corrected chi connectivity index (χ2v) is 4.95. The van der Waals surface area contributed by atoms with Crippen LogP contribution >= 0.6 is 11.6 Å². The molecule has 0 heterocycles. The third-order valence-corrected chi connectivity index (χ3v) is 3.27. The molecule has 2 rings (SSSR count). The summed E-state index contributed by atoms with van der Waals surface area (Å²) in [5, 5.41) is 6.70. The van der Waals surface area contributed by atoms with Gasteiger partial charge in [0.1, 0.15) is 5.82 Å². The number of benzene rings is 2. The van der Waals surface area contributed by atoms with Crippen molar-refractivity contribution in [2.75, 3.05) is 25.0 Å². The SMILES string of the molecule is Fc1ccc(NCCNCCc2ccccc2)cc1Cl. The molecule has 106 valence electrons. The number of hydrogen-bond acceptors (Lipinski definition) is 2. The summed E-state index contributed by atoms with van der Waals surface area (Å²) in [5.74, 6) is -0.391. The van der Waals surface area contributed by atoms with Crippen LogP contribution < -0.4 is 10.6 Å². The molecular formula is C16H18ClFN2. The van der Waals surface area contributed by atoms with Crippen LogP contribution in [0.1, 0.15) is 5.56 Å². The normalized spacial score (nSPS) is 10.5. The predicted molar refractivity (Wildman–Crippen MR) is 82.9 cm³/mol. The van der Waals surface area contributed by atoms with Crippen molar-refractivity contribution in [3.05, 3.63) is 64.9 Å². The van der Waals surface area contributed by atoms with Gasteiger partial charge in [0.05, 0.1) is 5.02 Å². The van der Waals surface area contributed by atoms with Crippen LogP contribution in [0, 0.1) is 5.82 Å². The molecule has 0 radical (unpaired) electrons. The minimum Gasteiger partial charge on any atom is -0.384 e. The molecule has 0 aliphatic rings. The summed E-state index contributed by atoms with van der Waals surface area (Å²) in [6.45, 7) is 2.56. The summed E-state index contributed by atoms with van der Waals surface area (Å²) in [5.41, 5.74) is 2.17. The summed E-state index contributed by atoms with van der Waals surface area (Å²) in [4.78, 5) is 0. The Bertz CT molecular complexity index is 531. The van der Waals surface area contributed by atoms with E-state index in [4.69, 9.17) is 11.6 Å². The van der Waals surface area contributed by atoms with Gasteiger partial charge in [0.2, 0.25) is 0 Å². The number of halogens is 2. The number of rotatable bonds is 7. The van der Waals surface area contributed by atoms with E-state index in [0.29, 0.717) is 0 Å². The van der Waals surface area contributed by atoms with Crippen LogP contribution in [0.5, 0.6) is 0 Å². The van der Waals surface area contributed by atoms with E-state index in [1.807, 2.05) is 6.07 Å². The monoisotopic (exact) mass is 292 g/mol.